The molecule has 1 aromatic heterocycles. The molecule has 9 nitrogen and oxygen atoms in total. The standard InChI is InChI=1S/C18H27N5O4S.C13H12/c1-18(2,3)27-17(26)22-10-14(24)23-8-4-5-12(23)16(25)21-9-11-6-7-13(28-11)15(19)20;1-3-7-12(8-4-1)11-13-9-5-2-6-10-13/h6-7,12H,4-5,8-10H2,1-3H3,(H3,19,20)(H,21,25)(H,22,26);1-10H,11H2. The Bertz CT molecular complexity index is 1270. The normalized spacial score (nSPS) is 14.4. The predicted octanol–water partition coefficient (Wildman–Crippen LogP) is 4.44. The number of carbonyl (C=O) groups excluding carboxylic acids is 3. The molecule has 4 rings (SSSR count). The maximum Gasteiger partial charge on any atom is 0.408 e. The van der Waals surface area contributed by atoms with Gasteiger partial charge < -0.3 is 26.0 Å². The minimum Gasteiger partial charge on any atom is -0.444 e. The van der Waals surface area contributed by atoms with E-state index in [-0.39, 0.29) is 24.2 Å². The summed E-state index contributed by atoms with van der Waals surface area (Å²) in [6.45, 7) is 5.78. The molecule has 2 heterocycles. The Morgan fingerprint density at radius 2 is 1.59 bits per heavy atom. The highest BCUT2D eigenvalue weighted by Crippen LogP contribution is 2.19. The number of carbonyl (C=O) groups is 3. The van der Waals surface area contributed by atoms with Gasteiger partial charge in [-0.3, -0.25) is 15.0 Å². The lowest BCUT2D eigenvalue weighted by molar-refractivity contribution is -0.137. The second kappa shape index (κ2) is 15.0. The predicted molar refractivity (Wildman–Crippen MR) is 162 cm³/mol. The number of nitrogens with one attached hydrogen (secondary N) is 3. The quantitative estimate of drug-likeness (QED) is 0.232. The first-order valence-electron chi connectivity index (χ1n) is 13.6. The Balaban J connectivity index is 0.000000294. The summed E-state index contributed by atoms with van der Waals surface area (Å²) in [5.74, 6) is -0.563. The monoisotopic (exact) mass is 577 g/mol. The van der Waals surface area contributed by atoms with Crippen molar-refractivity contribution in [2.24, 2.45) is 5.73 Å². The number of hydrogen-bond acceptors (Lipinski definition) is 6. The third-order valence-electron chi connectivity index (χ3n) is 6.12. The lowest BCUT2D eigenvalue weighted by Crippen LogP contribution is -2.49. The van der Waals surface area contributed by atoms with Gasteiger partial charge in [0.15, 0.2) is 0 Å². The lowest BCUT2D eigenvalue weighted by Gasteiger charge is -2.24. The molecule has 0 aliphatic carbocycles. The van der Waals surface area contributed by atoms with E-state index in [1.807, 2.05) is 6.07 Å². The van der Waals surface area contributed by atoms with E-state index >= 15 is 0 Å². The number of benzene rings is 2. The summed E-state index contributed by atoms with van der Waals surface area (Å²) < 4.78 is 5.11. The molecule has 218 valence electrons. The van der Waals surface area contributed by atoms with Crippen molar-refractivity contribution in [3.05, 3.63) is 93.7 Å². The Morgan fingerprint density at radius 3 is 2.12 bits per heavy atom. The molecule has 0 bridgehead atoms. The van der Waals surface area contributed by atoms with Crippen LogP contribution in [0.25, 0.3) is 0 Å². The zero-order valence-electron chi connectivity index (χ0n) is 23.8. The van der Waals surface area contributed by atoms with Crippen molar-refractivity contribution in [2.75, 3.05) is 13.1 Å². The smallest absolute Gasteiger partial charge is 0.408 e. The van der Waals surface area contributed by atoms with E-state index in [0.29, 0.717) is 24.4 Å². The fourth-order valence-electron chi connectivity index (χ4n) is 4.24. The van der Waals surface area contributed by atoms with Crippen LogP contribution in [-0.4, -0.2) is 53.4 Å². The highest BCUT2D eigenvalue weighted by atomic mass is 32.1. The summed E-state index contributed by atoms with van der Waals surface area (Å²) in [6.07, 6.45) is 1.67. The van der Waals surface area contributed by atoms with E-state index in [0.717, 1.165) is 17.7 Å². The first-order chi connectivity index (χ1) is 19.5. The number of nitrogens with two attached hydrogens (primary N) is 1. The highest BCUT2D eigenvalue weighted by molar-refractivity contribution is 7.14. The minimum absolute atomic E-state index is 0.00683. The summed E-state index contributed by atoms with van der Waals surface area (Å²) in [5.41, 5.74) is 7.53. The van der Waals surface area contributed by atoms with Crippen molar-refractivity contribution >= 4 is 35.1 Å². The molecule has 0 spiro atoms. The number of hydrogen-bond donors (Lipinski definition) is 4. The van der Waals surface area contributed by atoms with Crippen molar-refractivity contribution in [3.63, 3.8) is 0 Å². The number of amides is 3. The molecule has 1 fully saturated rings. The topological polar surface area (TPSA) is 138 Å². The maximum absolute atomic E-state index is 12.5. The average molecular weight is 578 g/mol. The van der Waals surface area contributed by atoms with Crippen LogP contribution in [0.1, 0.15) is 54.5 Å². The number of amidine groups is 1. The van der Waals surface area contributed by atoms with Gasteiger partial charge in [0.05, 0.1) is 11.4 Å². The number of ether oxygens (including phenoxy) is 1. The molecule has 3 amide bonds. The molecule has 41 heavy (non-hydrogen) atoms. The summed E-state index contributed by atoms with van der Waals surface area (Å²) in [5, 5.41) is 12.7. The van der Waals surface area contributed by atoms with Crippen LogP contribution in [0.15, 0.2) is 72.8 Å². The van der Waals surface area contributed by atoms with Crippen LogP contribution in [0.2, 0.25) is 0 Å². The van der Waals surface area contributed by atoms with E-state index < -0.39 is 17.7 Å². The summed E-state index contributed by atoms with van der Waals surface area (Å²) in [6, 6.07) is 24.1. The van der Waals surface area contributed by atoms with E-state index in [4.69, 9.17) is 15.9 Å². The van der Waals surface area contributed by atoms with Crippen LogP contribution in [0.5, 0.6) is 0 Å². The molecule has 1 atom stereocenters. The Kier molecular flexibility index (Phi) is 11.5. The lowest BCUT2D eigenvalue weighted by atomic mass is 10.1. The van der Waals surface area contributed by atoms with Crippen molar-refractivity contribution in [1.29, 1.82) is 5.41 Å². The van der Waals surface area contributed by atoms with Gasteiger partial charge in [0.2, 0.25) is 11.8 Å². The number of nitrogens with zero attached hydrogens (tertiary/aromatic N) is 1. The molecule has 0 radical (unpaired) electrons. The van der Waals surface area contributed by atoms with Gasteiger partial charge in [-0.1, -0.05) is 60.7 Å². The van der Waals surface area contributed by atoms with Crippen LogP contribution >= 0.6 is 11.3 Å². The SMILES string of the molecule is CC(C)(C)OC(=O)NCC(=O)N1CCCC1C(=O)NCc1ccc(C(=N)N)s1.c1ccc(Cc2ccccc2)cc1. The zero-order chi connectivity index (χ0) is 29.8. The molecule has 1 unspecified atom stereocenters. The van der Waals surface area contributed by atoms with Crippen LogP contribution in [0, 0.1) is 5.41 Å². The van der Waals surface area contributed by atoms with Crippen LogP contribution in [0.3, 0.4) is 0 Å². The molecule has 1 aliphatic heterocycles. The van der Waals surface area contributed by atoms with Gasteiger partial charge in [-0.05, 0) is 63.3 Å². The Hall–Kier alpha value is -4.18. The third-order valence-corrected chi connectivity index (χ3v) is 7.24. The van der Waals surface area contributed by atoms with Crippen molar-refractivity contribution < 1.29 is 19.1 Å². The van der Waals surface area contributed by atoms with Crippen molar-refractivity contribution in [1.82, 2.24) is 15.5 Å². The van der Waals surface area contributed by atoms with Gasteiger partial charge in [-0.15, -0.1) is 11.3 Å². The summed E-state index contributed by atoms with van der Waals surface area (Å²) in [7, 11) is 0. The fourth-order valence-corrected chi connectivity index (χ4v) is 5.05. The average Bonchev–Trinajstić information content (AvgIpc) is 3.62. The second-order valence-corrected chi connectivity index (χ2v) is 11.8. The maximum atomic E-state index is 12.5. The van der Waals surface area contributed by atoms with Crippen LogP contribution < -0.4 is 16.4 Å². The van der Waals surface area contributed by atoms with E-state index in [1.165, 1.54) is 27.4 Å². The van der Waals surface area contributed by atoms with Gasteiger partial charge in [0.1, 0.15) is 24.0 Å². The number of thiophene rings is 1. The third kappa shape index (κ3) is 10.7. The highest BCUT2D eigenvalue weighted by Gasteiger charge is 2.34. The molecular weight excluding hydrogens is 538 g/mol. The molecule has 3 aromatic rings. The second-order valence-electron chi connectivity index (χ2n) is 10.6. The van der Waals surface area contributed by atoms with Gasteiger partial charge in [-0.25, -0.2) is 4.79 Å². The minimum atomic E-state index is -0.667. The summed E-state index contributed by atoms with van der Waals surface area (Å²) >= 11 is 1.34. The van der Waals surface area contributed by atoms with Crippen molar-refractivity contribution in [3.8, 4) is 0 Å². The number of alkyl carbamates (subject to hydrolysis) is 1. The first kappa shape index (κ1) is 31.3. The van der Waals surface area contributed by atoms with Crippen LogP contribution in [-0.2, 0) is 27.3 Å². The fraction of sp³-hybridized carbons (Fsp3) is 0.355. The van der Waals surface area contributed by atoms with E-state index in [9.17, 15) is 14.4 Å². The van der Waals surface area contributed by atoms with Crippen LogP contribution in [0.4, 0.5) is 4.79 Å². The van der Waals surface area contributed by atoms with E-state index in [1.54, 1.807) is 26.8 Å². The molecule has 1 aliphatic rings. The number of likely N-dealkylation sites (tertiary alicyclic amines) is 1. The van der Waals surface area contributed by atoms with Gasteiger partial charge in [0, 0.05) is 11.4 Å². The van der Waals surface area contributed by atoms with Crippen molar-refractivity contribution in [2.45, 2.75) is 58.2 Å². The molecule has 5 N–H and O–H groups in total. The first-order valence-corrected chi connectivity index (χ1v) is 14.4. The Morgan fingerprint density at radius 1 is 0.976 bits per heavy atom. The number of rotatable bonds is 8. The molecular formula is C31H39N5O4S. The molecule has 10 heteroatoms. The molecule has 2 aromatic carbocycles. The van der Waals surface area contributed by atoms with Gasteiger partial charge >= 0.3 is 6.09 Å². The van der Waals surface area contributed by atoms with E-state index in [2.05, 4.69) is 71.3 Å². The molecule has 0 saturated carbocycles. The molecule has 1 saturated heterocycles. The van der Waals surface area contributed by atoms with Gasteiger partial charge in [-0.2, -0.15) is 0 Å². The summed E-state index contributed by atoms with van der Waals surface area (Å²) in [4.78, 5) is 39.7. The largest absolute Gasteiger partial charge is 0.444 e. The zero-order valence-corrected chi connectivity index (χ0v) is 24.6. The number of nitrogen functional groups attached to an aromatic ring is 1. The van der Waals surface area contributed by atoms with Gasteiger partial charge in [0.25, 0.3) is 0 Å². The Labute approximate surface area is 245 Å².